The fourth-order valence-electron chi connectivity index (χ4n) is 3.33. The molecular formula is C16H12F3N7O5S2. The number of anilines is 2. The van der Waals surface area contributed by atoms with Crippen LogP contribution in [0.15, 0.2) is 38.2 Å². The van der Waals surface area contributed by atoms with Crippen LogP contribution in [-0.2, 0) is 20.4 Å². The number of fused-ring (bicyclic) bond motifs is 1. The van der Waals surface area contributed by atoms with Gasteiger partial charge in [-0.05, 0) is 24.6 Å². The molecule has 0 aliphatic carbocycles. The molecule has 3 heterocycles. The third-order valence-electron chi connectivity index (χ3n) is 4.68. The molecule has 1 aliphatic heterocycles. The lowest BCUT2D eigenvalue weighted by molar-refractivity contribution is -0.194. The molecule has 17 heteroatoms. The number of aromatic amines is 1. The molecule has 174 valence electrons. The van der Waals surface area contributed by atoms with Crippen molar-refractivity contribution in [3.05, 3.63) is 56.2 Å². The molecule has 33 heavy (non-hydrogen) atoms. The van der Waals surface area contributed by atoms with Crippen molar-refractivity contribution in [3.8, 4) is 5.69 Å². The van der Waals surface area contributed by atoms with Crippen LogP contribution in [0.4, 0.5) is 24.1 Å². The Hall–Kier alpha value is -3.57. The van der Waals surface area contributed by atoms with E-state index in [-0.39, 0.29) is 22.2 Å². The number of rotatable bonds is 4. The summed E-state index contributed by atoms with van der Waals surface area (Å²) in [6.45, 7) is 1.64. The number of aryl methyl sites for hydroxylation is 1. The number of nitrogens with one attached hydrogen (secondary N) is 3. The number of sulfonamides is 1. The Morgan fingerprint density at radius 1 is 1.21 bits per heavy atom. The lowest BCUT2D eigenvalue weighted by Gasteiger charge is -2.29. The zero-order valence-electron chi connectivity index (χ0n) is 16.2. The molecule has 0 saturated carbocycles. The molecule has 0 fully saturated rings. The van der Waals surface area contributed by atoms with Gasteiger partial charge in [-0.15, -0.1) is 10.2 Å². The van der Waals surface area contributed by atoms with Crippen LogP contribution in [0.5, 0.6) is 0 Å². The summed E-state index contributed by atoms with van der Waals surface area (Å²) in [5, 5.41) is 7.90. The minimum Gasteiger partial charge on any atom is -0.374 e. The Kier molecular flexibility index (Phi) is 4.95. The molecule has 0 spiro atoms. The van der Waals surface area contributed by atoms with E-state index < -0.39 is 54.6 Å². The Morgan fingerprint density at radius 3 is 2.48 bits per heavy atom. The van der Waals surface area contributed by atoms with E-state index in [0.717, 1.165) is 0 Å². The molecule has 4 rings (SSSR count). The summed E-state index contributed by atoms with van der Waals surface area (Å²) >= 11 is 0.243. The topological polar surface area (TPSA) is 182 Å². The van der Waals surface area contributed by atoms with Gasteiger partial charge in [0.05, 0.1) is 11.3 Å². The van der Waals surface area contributed by atoms with Gasteiger partial charge in [0.15, 0.2) is 0 Å². The SMILES string of the molecule is Cc1cccc(-n2c3c(c(=O)[nH]c2=O)C(NS(=O)(=O)c2nnc(N)s2)(C(F)(F)F)C(=O)N3)c1. The van der Waals surface area contributed by atoms with Crippen LogP contribution in [0.2, 0.25) is 0 Å². The zero-order valence-corrected chi connectivity index (χ0v) is 17.9. The maximum Gasteiger partial charge on any atom is 0.421 e. The third kappa shape index (κ3) is 3.40. The molecule has 0 saturated heterocycles. The first-order valence-corrected chi connectivity index (χ1v) is 11.1. The van der Waals surface area contributed by atoms with E-state index in [1.165, 1.54) is 22.9 Å². The molecule has 2 aromatic heterocycles. The van der Waals surface area contributed by atoms with Gasteiger partial charge in [-0.1, -0.05) is 23.5 Å². The Labute approximate surface area is 185 Å². The van der Waals surface area contributed by atoms with Gasteiger partial charge in [-0.2, -0.15) is 17.9 Å². The van der Waals surface area contributed by atoms with Crippen molar-refractivity contribution in [1.29, 1.82) is 0 Å². The molecule has 0 bridgehead atoms. The molecule has 12 nitrogen and oxygen atoms in total. The van der Waals surface area contributed by atoms with Gasteiger partial charge in [0.1, 0.15) is 5.82 Å². The minimum absolute atomic E-state index is 0.0190. The second kappa shape index (κ2) is 7.22. The number of alkyl halides is 3. The highest BCUT2D eigenvalue weighted by Gasteiger charge is 2.69. The average Bonchev–Trinajstić information content (AvgIpc) is 3.24. The first kappa shape index (κ1) is 22.6. The van der Waals surface area contributed by atoms with Crippen molar-refractivity contribution in [2.45, 2.75) is 23.0 Å². The largest absolute Gasteiger partial charge is 0.421 e. The fourth-order valence-corrected chi connectivity index (χ4v) is 5.44. The van der Waals surface area contributed by atoms with Crippen LogP contribution < -0.4 is 27.0 Å². The Balaban J connectivity index is 2.04. The number of benzene rings is 1. The van der Waals surface area contributed by atoms with Crippen molar-refractivity contribution in [3.63, 3.8) is 0 Å². The zero-order chi connectivity index (χ0) is 24.3. The maximum absolute atomic E-state index is 14.4. The van der Waals surface area contributed by atoms with Gasteiger partial charge in [-0.25, -0.2) is 17.8 Å². The number of hydrogen-bond acceptors (Lipinski definition) is 9. The number of aromatic nitrogens is 4. The van der Waals surface area contributed by atoms with Crippen LogP contribution in [0, 0.1) is 6.92 Å². The molecule has 1 aromatic carbocycles. The van der Waals surface area contributed by atoms with Crippen molar-refractivity contribution in [1.82, 2.24) is 24.5 Å². The second-order valence-corrected chi connectivity index (χ2v) is 9.74. The number of carbonyl (C=O) groups excluding carboxylic acids is 1. The lowest BCUT2D eigenvalue weighted by atomic mass is 9.93. The number of H-pyrrole nitrogens is 1. The predicted molar refractivity (Wildman–Crippen MR) is 108 cm³/mol. The number of nitrogens with two attached hydrogens (primary N) is 1. The van der Waals surface area contributed by atoms with Crippen LogP contribution in [0.3, 0.4) is 0 Å². The Morgan fingerprint density at radius 2 is 1.91 bits per heavy atom. The van der Waals surface area contributed by atoms with Gasteiger partial charge >= 0.3 is 11.9 Å². The monoisotopic (exact) mass is 503 g/mol. The van der Waals surface area contributed by atoms with E-state index in [0.29, 0.717) is 10.1 Å². The first-order chi connectivity index (χ1) is 15.3. The molecule has 1 atom stereocenters. The number of carbonyl (C=O) groups is 1. The van der Waals surface area contributed by atoms with Crippen molar-refractivity contribution >= 4 is 38.2 Å². The van der Waals surface area contributed by atoms with E-state index >= 15 is 0 Å². The summed E-state index contributed by atoms with van der Waals surface area (Å²) in [4.78, 5) is 39.5. The van der Waals surface area contributed by atoms with E-state index in [1.807, 2.05) is 5.32 Å². The number of hydrogen-bond donors (Lipinski definition) is 4. The second-order valence-electron chi connectivity index (χ2n) is 6.87. The van der Waals surface area contributed by atoms with Crippen LogP contribution >= 0.6 is 11.3 Å². The van der Waals surface area contributed by atoms with Crippen molar-refractivity contribution in [2.24, 2.45) is 0 Å². The molecular weight excluding hydrogens is 491 g/mol. The van der Waals surface area contributed by atoms with E-state index in [4.69, 9.17) is 5.73 Å². The summed E-state index contributed by atoms with van der Waals surface area (Å²) in [6.07, 6.45) is -5.66. The number of nitrogen functional groups attached to an aromatic ring is 1. The number of halogens is 3. The van der Waals surface area contributed by atoms with Gasteiger partial charge < -0.3 is 11.1 Å². The molecule has 1 amide bonds. The van der Waals surface area contributed by atoms with Crippen molar-refractivity contribution in [2.75, 3.05) is 11.1 Å². The molecule has 0 radical (unpaired) electrons. The van der Waals surface area contributed by atoms with E-state index in [9.17, 15) is 36.0 Å². The van der Waals surface area contributed by atoms with E-state index in [1.54, 1.807) is 18.0 Å². The highest BCUT2D eigenvalue weighted by molar-refractivity contribution is 7.91. The number of nitrogens with zero attached hydrogens (tertiary/aromatic N) is 3. The fraction of sp³-hybridized carbons (Fsp3) is 0.188. The van der Waals surface area contributed by atoms with Gasteiger partial charge in [0.2, 0.25) is 15.0 Å². The maximum atomic E-state index is 14.4. The normalized spacial score (nSPS) is 18.2. The molecule has 1 aliphatic rings. The van der Waals surface area contributed by atoms with Gasteiger partial charge in [-0.3, -0.25) is 14.6 Å². The summed E-state index contributed by atoms with van der Waals surface area (Å²) in [5.74, 6) is -2.78. The third-order valence-corrected chi connectivity index (χ3v) is 7.25. The standard InChI is InChI=1S/C16H12F3N7O5S2/c1-6-3-2-4-7(5-6)26-9-8(10(27)22-13(26)29)15(11(28)21-9,16(17,18)19)25-33(30,31)14-24-23-12(20)32-14/h2-5,25H,1H3,(H2,20,23)(H,21,28)(H,22,27,29). The quantitative estimate of drug-likeness (QED) is 0.382. The summed E-state index contributed by atoms with van der Waals surface area (Å²) in [6, 6.07) is 5.89. The lowest BCUT2D eigenvalue weighted by Crippen LogP contribution is -2.61. The van der Waals surface area contributed by atoms with Crippen LogP contribution in [-0.4, -0.2) is 40.2 Å². The minimum atomic E-state index is -5.66. The first-order valence-electron chi connectivity index (χ1n) is 8.76. The highest BCUT2D eigenvalue weighted by atomic mass is 32.2. The van der Waals surface area contributed by atoms with Gasteiger partial charge in [0, 0.05) is 0 Å². The summed E-state index contributed by atoms with van der Waals surface area (Å²) in [7, 11) is -5.16. The van der Waals surface area contributed by atoms with Crippen LogP contribution in [0.25, 0.3) is 5.69 Å². The van der Waals surface area contributed by atoms with Crippen LogP contribution in [0.1, 0.15) is 11.1 Å². The molecule has 1 unspecified atom stereocenters. The highest BCUT2D eigenvalue weighted by Crippen LogP contribution is 2.46. The van der Waals surface area contributed by atoms with Crippen molar-refractivity contribution < 1.29 is 26.4 Å². The predicted octanol–water partition coefficient (Wildman–Crippen LogP) is -0.0439. The summed E-state index contributed by atoms with van der Waals surface area (Å²) < 4.78 is 69.4. The van der Waals surface area contributed by atoms with E-state index in [2.05, 4.69) is 10.2 Å². The summed E-state index contributed by atoms with van der Waals surface area (Å²) in [5.41, 5.74) is -2.27. The van der Waals surface area contributed by atoms with Gasteiger partial charge in [0.25, 0.3) is 21.5 Å². The molecule has 5 N–H and O–H groups in total. The average molecular weight is 503 g/mol. The Bertz CT molecular complexity index is 1530. The molecule has 3 aromatic rings. The smallest absolute Gasteiger partial charge is 0.374 e. The number of amides is 1.